The summed E-state index contributed by atoms with van der Waals surface area (Å²) in [4.78, 5) is 0. The molecule has 2 rings (SSSR count). The number of nitrogens with one attached hydrogen (secondary N) is 1. The van der Waals surface area contributed by atoms with Crippen molar-refractivity contribution in [2.75, 3.05) is 13.2 Å². The molecule has 118 valence electrons. The Hall–Kier alpha value is -1.02. The minimum atomic E-state index is 0.482. The second-order valence-corrected chi connectivity index (χ2v) is 6.86. The minimum Gasteiger partial charge on any atom is -0.492 e. The summed E-state index contributed by atoms with van der Waals surface area (Å²) in [6.07, 6.45) is 5.24. The van der Waals surface area contributed by atoms with Crippen molar-refractivity contribution in [2.45, 2.75) is 52.5 Å². The van der Waals surface area contributed by atoms with Gasteiger partial charge in [-0.3, -0.25) is 0 Å². The van der Waals surface area contributed by atoms with E-state index < -0.39 is 0 Å². The number of hydrogen-bond acceptors (Lipinski definition) is 2. The van der Waals surface area contributed by atoms with Gasteiger partial charge in [-0.2, -0.15) is 0 Å². The van der Waals surface area contributed by atoms with E-state index in [1.54, 1.807) is 0 Å². The zero-order chi connectivity index (χ0) is 15.1. The maximum Gasteiger partial charge on any atom is 0.119 e. The molecule has 3 unspecified atom stereocenters. The highest BCUT2D eigenvalue weighted by atomic mass is 16.5. The standard InChI is InChI=1S/C19H31NO/c1-4-10-20-19(14-21-18-8-6-5-7-9-18)17-12-15(2)11-16(3)13-17/h5-9,15-17,19-20H,4,10-14H2,1-3H3. The van der Waals surface area contributed by atoms with Gasteiger partial charge in [-0.05, 0) is 62.1 Å². The van der Waals surface area contributed by atoms with Crippen LogP contribution in [-0.4, -0.2) is 19.2 Å². The summed E-state index contributed by atoms with van der Waals surface area (Å²) in [6, 6.07) is 10.7. The Kier molecular flexibility index (Phi) is 6.56. The van der Waals surface area contributed by atoms with Crippen molar-refractivity contribution in [3.05, 3.63) is 30.3 Å². The van der Waals surface area contributed by atoms with Crippen molar-refractivity contribution in [3.63, 3.8) is 0 Å². The van der Waals surface area contributed by atoms with Gasteiger partial charge in [0.2, 0.25) is 0 Å². The van der Waals surface area contributed by atoms with Gasteiger partial charge < -0.3 is 10.1 Å². The van der Waals surface area contributed by atoms with E-state index >= 15 is 0 Å². The van der Waals surface area contributed by atoms with E-state index in [4.69, 9.17) is 4.74 Å². The van der Waals surface area contributed by atoms with E-state index in [1.165, 1.54) is 25.7 Å². The van der Waals surface area contributed by atoms with Crippen LogP contribution in [0.15, 0.2) is 30.3 Å². The fourth-order valence-electron chi connectivity index (χ4n) is 3.73. The summed E-state index contributed by atoms with van der Waals surface area (Å²) in [5, 5.41) is 3.73. The maximum absolute atomic E-state index is 6.03. The molecule has 0 bridgehead atoms. The molecule has 0 spiro atoms. The summed E-state index contributed by atoms with van der Waals surface area (Å²) < 4.78 is 6.03. The molecule has 0 saturated heterocycles. The smallest absolute Gasteiger partial charge is 0.119 e. The fourth-order valence-corrected chi connectivity index (χ4v) is 3.73. The Bertz CT molecular complexity index is 382. The van der Waals surface area contributed by atoms with Gasteiger partial charge in [0.05, 0.1) is 0 Å². The molecule has 1 aromatic rings. The highest BCUT2D eigenvalue weighted by Crippen LogP contribution is 2.34. The third-order valence-electron chi connectivity index (χ3n) is 4.61. The quantitative estimate of drug-likeness (QED) is 0.797. The van der Waals surface area contributed by atoms with Crippen LogP contribution in [0.1, 0.15) is 46.5 Å². The molecule has 2 nitrogen and oxygen atoms in total. The lowest BCUT2D eigenvalue weighted by Gasteiger charge is -2.37. The topological polar surface area (TPSA) is 21.3 Å². The van der Waals surface area contributed by atoms with Crippen LogP contribution in [0.3, 0.4) is 0 Å². The van der Waals surface area contributed by atoms with Crippen molar-refractivity contribution in [3.8, 4) is 5.75 Å². The van der Waals surface area contributed by atoms with Gasteiger partial charge in [-0.1, -0.05) is 39.0 Å². The van der Waals surface area contributed by atoms with Gasteiger partial charge in [-0.15, -0.1) is 0 Å². The fraction of sp³-hybridized carbons (Fsp3) is 0.684. The summed E-state index contributed by atoms with van der Waals surface area (Å²) in [6.45, 7) is 8.90. The third kappa shape index (κ3) is 5.35. The lowest BCUT2D eigenvalue weighted by Crippen LogP contribution is -2.44. The van der Waals surface area contributed by atoms with E-state index in [0.717, 1.165) is 36.7 Å². The Labute approximate surface area is 130 Å². The van der Waals surface area contributed by atoms with E-state index in [-0.39, 0.29) is 0 Å². The number of hydrogen-bond donors (Lipinski definition) is 1. The highest BCUT2D eigenvalue weighted by molar-refractivity contribution is 5.21. The van der Waals surface area contributed by atoms with E-state index in [0.29, 0.717) is 6.04 Å². The number of ether oxygens (including phenoxy) is 1. The molecule has 0 radical (unpaired) electrons. The Morgan fingerprint density at radius 3 is 2.38 bits per heavy atom. The molecule has 1 N–H and O–H groups in total. The summed E-state index contributed by atoms with van der Waals surface area (Å²) >= 11 is 0. The molecule has 0 amide bonds. The van der Waals surface area contributed by atoms with Gasteiger partial charge in [0.15, 0.2) is 0 Å². The minimum absolute atomic E-state index is 0.482. The first-order valence-electron chi connectivity index (χ1n) is 8.60. The summed E-state index contributed by atoms with van der Waals surface area (Å²) in [7, 11) is 0. The molecule has 0 aromatic heterocycles. The van der Waals surface area contributed by atoms with Crippen LogP contribution in [0.2, 0.25) is 0 Å². The van der Waals surface area contributed by atoms with Crippen LogP contribution >= 0.6 is 0 Å². The van der Waals surface area contributed by atoms with Crippen molar-refractivity contribution in [1.82, 2.24) is 5.32 Å². The number of rotatable bonds is 7. The lowest BCUT2D eigenvalue weighted by molar-refractivity contribution is 0.138. The predicted molar refractivity (Wildman–Crippen MR) is 89.7 cm³/mol. The van der Waals surface area contributed by atoms with Crippen LogP contribution in [0, 0.1) is 17.8 Å². The molecule has 1 fully saturated rings. The normalized spacial score (nSPS) is 27.3. The molecule has 0 heterocycles. The first-order valence-corrected chi connectivity index (χ1v) is 8.60. The monoisotopic (exact) mass is 289 g/mol. The molecular formula is C19H31NO. The van der Waals surface area contributed by atoms with Gasteiger partial charge in [0.25, 0.3) is 0 Å². The molecule has 1 aliphatic rings. The lowest BCUT2D eigenvalue weighted by atomic mass is 9.74. The van der Waals surface area contributed by atoms with Crippen molar-refractivity contribution >= 4 is 0 Å². The van der Waals surface area contributed by atoms with Gasteiger partial charge in [-0.25, -0.2) is 0 Å². The molecule has 2 heteroatoms. The van der Waals surface area contributed by atoms with E-state index in [9.17, 15) is 0 Å². The maximum atomic E-state index is 6.03. The van der Waals surface area contributed by atoms with Crippen LogP contribution in [-0.2, 0) is 0 Å². The van der Waals surface area contributed by atoms with E-state index in [2.05, 4.69) is 26.1 Å². The van der Waals surface area contributed by atoms with Crippen LogP contribution in [0.5, 0.6) is 5.75 Å². The van der Waals surface area contributed by atoms with Crippen molar-refractivity contribution in [2.24, 2.45) is 17.8 Å². The second kappa shape index (κ2) is 8.43. The second-order valence-electron chi connectivity index (χ2n) is 6.86. The average molecular weight is 289 g/mol. The molecule has 0 aliphatic heterocycles. The zero-order valence-electron chi connectivity index (χ0n) is 13.8. The largest absolute Gasteiger partial charge is 0.492 e. The first-order chi connectivity index (χ1) is 10.2. The molecule has 21 heavy (non-hydrogen) atoms. The molecule has 1 aliphatic carbocycles. The van der Waals surface area contributed by atoms with Crippen LogP contribution in [0.4, 0.5) is 0 Å². The molecule has 3 atom stereocenters. The van der Waals surface area contributed by atoms with E-state index in [1.807, 2.05) is 30.3 Å². The van der Waals surface area contributed by atoms with Gasteiger partial charge in [0.1, 0.15) is 12.4 Å². The van der Waals surface area contributed by atoms with Gasteiger partial charge in [0, 0.05) is 6.04 Å². The SMILES string of the molecule is CCCNC(COc1ccccc1)C1CC(C)CC(C)C1. The molecular weight excluding hydrogens is 258 g/mol. The molecule has 1 aromatic carbocycles. The zero-order valence-corrected chi connectivity index (χ0v) is 13.8. The van der Waals surface area contributed by atoms with Crippen molar-refractivity contribution in [1.29, 1.82) is 0 Å². The van der Waals surface area contributed by atoms with Crippen LogP contribution < -0.4 is 10.1 Å². The van der Waals surface area contributed by atoms with Crippen LogP contribution in [0.25, 0.3) is 0 Å². The van der Waals surface area contributed by atoms with Crippen molar-refractivity contribution < 1.29 is 4.74 Å². The van der Waals surface area contributed by atoms with Gasteiger partial charge >= 0.3 is 0 Å². The average Bonchev–Trinajstić information content (AvgIpc) is 2.47. The number of para-hydroxylation sites is 1. The number of benzene rings is 1. The Balaban J connectivity index is 1.93. The Morgan fingerprint density at radius 2 is 1.76 bits per heavy atom. The highest BCUT2D eigenvalue weighted by Gasteiger charge is 2.30. The molecule has 1 saturated carbocycles. The summed E-state index contributed by atoms with van der Waals surface area (Å²) in [5.41, 5.74) is 0. The first kappa shape index (κ1) is 16.4. The predicted octanol–water partition coefficient (Wildman–Crippen LogP) is 4.51. The third-order valence-corrected chi connectivity index (χ3v) is 4.61. The Morgan fingerprint density at radius 1 is 1.10 bits per heavy atom. The summed E-state index contributed by atoms with van der Waals surface area (Å²) in [5.74, 6) is 3.43.